The van der Waals surface area contributed by atoms with Crippen LogP contribution >= 0.6 is 0 Å². The van der Waals surface area contributed by atoms with Gasteiger partial charge in [0.25, 0.3) is 0 Å². The van der Waals surface area contributed by atoms with Crippen LogP contribution in [-0.4, -0.2) is 17.3 Å². The fourth-order valence-corrected chi connectivity index (χ4v) is 4.11. The fourth-order valence-electron chi connectivity index (χ4n) is 4.11. The summed E-state index contributed by atoms with van der Waals surface area (Å²) in [5.41, 5.74) is 2.68. The molecule has 1 fully saturated rings. The third-order valence-corrected chi connectivity index (χ3v) is 5.71. The molecule has 0 saturated heterocycles. The number of hydrogen-bond acceptors (Lipinski definition) is 4. The van der Waals surface area contributed by atoms with Crippen LogP contribution in [-0.2, 0) is 27.4 Å². The SMILES string of the molecule is O=C(Cc1ccccc1OCc1ccccc1)C1C(=O)CC(c2ccccc2)CC1=O. The van der Waals surface area contributed by atoms with E-state index < -0.39 is 5.92 Å². The molecule has 0 unspecified atom stereocenters. The molecule has 1 aliphatic rings. The molecule has 0 aromatic heterocycles. The molecule has 0 N–H and O–H groups in total. The lowest BCUT2D eigenvalue weighted by Crippen LogP contribution is -2.38. The molecule has 3 aromatic carbocycles. The number of ether oxygens (including phenoxy) is 1. The van der Waals surface area contributed by atoms with E-state index in [0.29, 0.717) is 17.9 Å². The molecule has 0 aliphatic heterocycles. The summed E-state index contributed by atoms with van der Waals surface area (Å²) in [6.45, 7) is 0.381. The minimum Gasteiger partial charge on any atom is -0.489 e. The largest absolute Gasteiger partial charge is 0.489 e. The van der Waals surface area contributed by atoms with Gasteiger partial charge in [-0.2, -0.15) is 0 Å². The van der Waals surface area contributed by atoms with Crippen LogP contribution in [0.3, 0.4) is 0 Å². The number of benzene rings is 3. The Balaban J connectivity index is 1.44. The van der Waals surface area contributed by atoms with Crippen LogP contribution in [0.4, 0.5) is 0 Å². The van der Waals surface area contributed by atoms with Crippen molar-refractivity contribution in [2.75, 3.05) is 0 Å². The van der Waals surface area contributed by atoms with Crippen molar-refractivity contribution in [2.45, 2.75) is 31.8 Å². The Kier molecular flexibility index (Phi) is 6.37. The topological polar surface area (TPSA) is 60.4 Å². The summed E-state index contributed by atoms with van der Waals surface area (Å²) in [6.07, 6.45) is 0.444. The molecule has 4 rings (SSSR count). The molecule has 31 heavy (non-hydrogen) atoms. The van der Waals surface area contributed by atoms with Crippen molar-refractivity contribution in [2.24, 2.45) is 5.92 Å². The van der Waals surface area contributed by atoms with E-state index in [4.69, 9.17) is 4.74 Å². The lowest BCUT2D eigenvalue weighted by atomic mass is 9.74. The van der Waals surface area contributed by atoms with Crippen molar-refractivity contribution < 1.29 is 19.1 Å². The van der Waals surface area contributed by atoms with E-state index in [1.54, 1.807) is 0 Å². The van der Waals surface area contributed by atoms with E-state index in [9.17, 15) is 14.4 Å². The first-order valence-corrected chi connectivity index (χ1v) is 10.5. The van der Waals surface area contributed by atoms with Gasteiger partial charge in [0.05, 0.1) is 0 Å². The maximum Gasteiger partial charge on any atom is 0.155 e. The number of para-hydroxylation sites is 1. The molecule has 4 heteroatoms. The molecule has 4 nitrogen and oxygen atoms in total. The highest BCUT2D eigenvalue weighted by molar-refractivity contribution is 6.21. The molecule has 1 aliphatic carbocycles. The van der Waals surface area contributed by atoms with Crippen molar-refractivity contribution in [1.29, 1.82) is 0 Å². The number of carbonyl (C=O) groups excluding carboxylic acids is 3. The first-order chi connectivity index (χ1) is 15.1. The Labute approximate surface area is 181 Å². The minimum atomic E-state index is -1.16. The molecule has 0 amide bonds. The van der Waals surface area contributed by atoms with Gasteiger partial charge in [-0.15, -0.1) is 0 Å². The van der Waals surface area contributed by atoms with E-state index in [1.165, 1.54) is 0 Å². The zero-order valence-electron chi connectivity index (χ0n) is 17.2. The average molecular weight is 412 g/mol. The van der Waals surface area contributed by atoms with Gasteiger partial charge in [0.2, 0.25) is 0 Å². The standard InChI is InChI=1S/C27H24O4/c28-23(27-24(29)16-22(17-25(27)30)20-11-5-2-6-12-20)15-21-13-7-8-14-26(21)31-18-19-9-3-1-4-10-19/h1-14,22,27H,15-18H2. The second-order valence-corrected chi connectivity index (χ2v) is 7.91. The summed E-state index contributed by atoms with van der Waals surface area (Å²) in [7, 11) is 0. The number of Topliss-reactive ketones (excluding diaryl/α,β-unsaturated/α-hetero) is 3. The summed E-state index contributed by atoms with van der Waals surface area (Å²) < 4.78 is 5.92. The summed E-state index contributed by atoms with van der Waals surface area (Å²) in [6, 6.07) is 26.6. The molecule has 0 bridgehead atoms. The van der Waals surface area contributed by atoms with Crippen LogP contribution in [0.25, 0.3) is 0 Å². The predicted octanol–water partition coefficient (Wildman–Crippen LogP) is 4.71. The highest BCUT2D eigenvalue weighted by Crippen LogP contribution is 2.33. The molecule has 0 spiro atoms. The van der Waals surface area contributed by atoms with Crippen molar-refractivity contribution in [3.05, 3.63) is 102 Å². The maximum atomic E-state index is 13.0. The average Bonchev–Trinajstić information content (AvgIpc) is 2.79. The monoisotopic (exact) mass is 412 g/mol. The van der Waals surface area contributed by atoms with Gasteiger partial charge in [0, 0.05) is 24.8 Å². The first-order valence-electron chi connectivity index (χ1n) is 10.5. The first kappa shape index (κ1) is 20.7. The number of carbonyl (C=O) groups is 3. The van der Waals surface area contributed by atoms with Crippen LogP contribution in [0.15, 0.2) is 84.9 Å². The van der Waals surface area contributed by atoms with E-state index in [1.807, 2.05) is 84.9 Å². The van der Waals surface area contributed by atoms with Gasteiger partial charge in [-0.1, -0.05) is 78.9 Å². The van der Waals surface area contributed by atoms with Gasteiger partial charge in [-0.05, 0) is 23.1 Å². The Hall–Kier alpha value is -3.53. The van der Waals surface area contributed by atoms with Crippen molar-refractivity contribution in [3.8, 4) is 5.75 Å². The highest BCUT2D eigenvalue weighted by atomic mass is 16.5. The predicted molar refractivity (Wildman–Crippen MR) is 118 cm³/mol. The third-order valence-electron chi connectivity index (χ3n) is 5.71. The van der Waals surface area contributed by atoms with E-state index in [2.05, 4.69) is 0 Å². The number of ketones is 3. The van der Waals surface area contributed by atoms with Crippen molar-refractivity contribution in [3.63, 3.8) is 0 Å². The summed E-state index contributed by atoms with van der Waals surface area (Å²) in [5, 5.41) is 0. The molecular weight excluding hydrogens is 388 g/mol. The lowest BCUT2D eigenvalue weighted by molar-refractivity contribution is -0.142. The zero-order chi connectivity index (χ0) is 21.6. The Bertz CT molecular complexity index is 1050. The van der Waals surface area contributed by atoms with Crippen molar-refractivity contribution in [1.82, 2.24) is 0 Å². The Morgan fingerprint density at radius 3 is 2.03 bits per heavy atom. The number of hydrogen-bond donors (Lipinski definition) is 0. The highest BCUT2D eigenvalue weighted by Gasteiger charge is 2.40. The van der Waals surface area contributed by atoms with E-state index in [-0.39, 0.29) is 42.5 Å². The molecule has 0 heterocycles. The quantitative estimate of drug-likeness (QED) is 0.528. The van der Waals surface area contributed by atoms with E-state index in [0.717, 1.165) is 11.1 Å². The molecule has 3 aromatic rings. The Morgan fingerprint density at radius 2 is 1.35 bits per heavy atom. The molecular formula is C27H24O4. The van der Waals surface area contributed by atoms with Crippen LogP contribution in [0, 0.1) is 5.92 Å². The van der Waals surface area contributed by atoms with Crippen LogP contribution in [0.2, 0.25) is 0 Å². The summed E-state index contributed by atoms with van der Waals surface area (Å²) in [4.78, 5) is 38.4. The van der Waals surface area contributed by atoms with Gasteiger partial charge in [-0.3, -0.25) is 14.4 Å². The second-order valence-electron chi connectivity index (χ2n) is 7.91. The van der Waals surface area contributed by atoms with Crippen molar-refractivity contribution >= 4 is 17.3 Å². The summed E-state index contributed by atoms with van der Waals surface area (Å²) >= 11 is 0. The molecule has 1 saturated carbocycles. The van der Waals surface area contributed by atoms with Crippen LogP contribution in [0.1, 0.15) is 35.4 Å². The van der Waals surface area contributed by atoms with Crippen LogP contribution < -0.4 is 4.74 Å². The molecule has 0 radical (unpaired) electrons. The lowest BCUT2D eigenvalue weighted by Gasteiger charge is -2.26. The van der Waals surface area contributed by atoms with Gasteiger partial charge in [0.1, 0.15) is 18.3 Å². The minimum absolute atomic E-state index is 0.00309. The number of rotatable bonds is 7. The molecule has 0 atom stereocenters. The normalized spacial score (nSPS) is 18.6. The fraction of sp³-hybridized carbons (Fsp3) is 0.222. The van der Waals surface area contributed by atoms with Crippen LogP contribution in [0.5, 0.6) is 5.75 Å². The maximum absolute atomic E-state index is 13.0. The smallest absolute Gasteiger partial charge is 0.155 e. The molecule has 156 valence electrons. The third kappa shape index (κ3) is 4.97. The Morgan fingerprint density at radius 1 is 0.774 bits per heavy atom. The summed E-state index contributed by atoms with van der Waals surface area (Å²) in [5.74, 6) is -1.63. The van der Waals surface area contributed by atoms with Gasteiger partial charge in [-0.25, -0.2) is 0 Å². The second kappa shape index (κ2) is 9.52. The van der Waals surface area contributed by atoms with Gasteiger partial charge >= 0.3 is 0 Å². The van der Waals surface area contributed by atoms with Gasteiger partial charge < -0.3 is 4.74 Å². The van der Waals surface area contributed by atoms with E-state index >= 15 is 0 Å². The van der Waals surface area contributed by atoms with Gasteiger partial charge in [0.15, 0.2) is 17.3 Å². The zero-order valence-corrected chi connectivity index (χ0v) is 17.2.